The van der Waals surface area contributed by atoms with Gasteiger partial charge in [0, 0.05) is 50.4 Å². The molecule has 8 nitrogen and oxygen atoms in total. The number of likely N-dealkylation sites (tertiary alicyclic amines) is 1. The molecule has 2 saturated heterocycles. The van der Waals surface area contributed by atoms with Crippen molar-refractivity contribution in [3.63, 3.8) is 0 Å². The molecule has 2 aliphatic rings. The first kappa shape index (κ1) is 28.6. The highest BCUT2D eigenvalue weighted by Gasteiger charge is 2.35. The second-order valence-corrected chi connectivity index (χ2v) is 12.2. The first-order chi connectivity index (χ1) is 19.5. The van der Waals surface area contributed by atoms with E-state index in [2.05, 4.69) is 48.1 Å². The number of ether oxygens (including phenoxy) is 1. The first-order valence-corrected chi connectivity index (χ1v) is 14.4. The predicted octanol–water partition coefficient (Wildman–Crippen LogP) is 5.79. The molecule has 0 aliphatic carbocycles. The molecule has 0 spiro atoms. The minimum atomic E-state index is -0.560. The summed E-state index contributed by atoms with van der Waals surface area (Å²) in [6.07, 6.45) is 2.67. The number of aromatic nitrogens is 2. The van der Waals surface area contributed by atoms with Gasteiger partial charge in [-0.05, 0) is 89.4 Å². The normalized spacial score (nSPS) is 18.5. The van der Waals surface area contributed by atoms with Crippen molar-refractivity contribution in [2.45, 2.75) is 65.0 Å². The van der Waals surface area contributed by atoms with Gasteiger partial charge in [-0.1, -0.05) is 12.1 Å². The first-order valence-electron chi connectivity index (χ1n) is 14.4. The maximum atomic E-state index is 14.0. The summed E-state index contributed by atoms with van der Waals surface area (Å²) in [4.78, 5) is 32.7. The van der Waals surface area contributed by atoms with Gasteiger partial charge in [0.1, 0.15) is 11.4 Å². The lowest BCUT2D eigenvalue weighted by Crippen LogP contribution is -2.54. The van der Waals surface area contributed by atoms with E-state index in [0.29, 0.717) is 50.3 Å². The fourth-order valence-corrected chi connectivity index (χ4v) is 5.87. The molecule has 0 N–H and O–H groups in total. The Morgan fingerprint density at radius 1 is 0.951 bits per heavy atom. The number of carbonyl (C=O) groups excluding carboxylic acids is 2. The van der Waals surface area contributed by atoms with Gasteiger partial charge in [0.25, 0.3) is 5.91 Å². The molecule has 0 unspecified atom stereocenters. The Bertz CT molecular complexity index is 1390. The quantitative estimate of drug-likeness (QED) is 0.404. The molecule has 2 amide bonds. The van der Waals surface area contributed by atoms with Crippen LogP contribution >= 0.6 is 0 Å². The van der Waals surface area contributed by atoms with E-state index in [4.69, 9.17) is 4.74 Å². The number of aryl methyl sites for hydroxylation is 1. The number of carbonyl (C=O) groups is 2. The van der Waals surface area contributed by atoms with Crippen molar-refractivity contribution in [1.82, 2.24) is 19.6 Å². The van der Waals surface area contributed by atoms with Crippen LogP contribution in [-0.4, -0.2) is 75.9 Å². The van der Waals surface area contributed by atoms with E-state index in [9.17, 15) is 14.0 Å². The van der Waals surface area contributed by atoms with E-state index < -0.39 is 5.60 Å². The molecule has 218 valence electrons. The van der Waals surface area contributed by atoms with Crippen molar-refractivity contribution < 1.29 is 18.7 Å². The topological polar surface area (TPSA) is 70.9 Å². The lowest BCUT2D eigenvalue weighted by Gasteiger charge is -2.41. The number of halogens is 1. The van der Waals surface area contributed by atoms with Crippen molar-refractivity contribution in [2.24, 2.45) is 0 Å². The molecule has 0 saturated carbocycles. The number of rotatable bonds is 4. The van der Waals surface area contributed by atoms with Crippen LogP contribution in [0, 0.1) is 12.7 Å². The Hall–Kier alpha value is -3.88. The molecule has 0 radical (unpaired) electrons. The van der Waals surface area contributed by atoms with Gasteiger partial charge in [-0.15, -0.1) is 0 Å². The zero-order valence-corrected chi connectivity index (χ0v) is 24.6. The summed E-state index contributed by atoms with van der Waals surface area (Å²) in [5, 5.41) is 4.63. The number of piperidine rings is 1. The second-order valence-electron chi connectivity index (χ2n) is 12.2. The van der Waals surface area contributed by atoms with Crippen LogP contribution < -0.4 is 4.90 Å². The van der Waals surface area contributed by atoms with Crippen LogP contribution in [0.25, 0.3) is 5.69 Å². The highest BCUT2D eigenvalue weighted by Crippen LogP contribution is 2.34. The number of hydrogen-bond donors (Lipinski definition) is 0. The smallest absolute Gasteiger partial charge is 0.410 e. The van der Waals surface area contributed by atoms with Crippen LogP contribution in [0.3, 0.4) is 0 Å². The van der Waals surface area contributed by atoms with E-state index in [1.807, 2.05) is 25.7 Å². The van der Waals surface area contributed by atoms with Gasteiger partial charge in [-0.2, -0.15) is 5.10 Å². The van der Waals surface area contributed by atoms with Gasteiger partial charge in [0.15, 0.2) is 0 Å². The van der Waals surface area contributed by atoms with Crippen molar-refractivity contribution in [2.75, 3.05) is 37.6 Å². The summed E-state index contributed by atoms with van der Waals surface area (Å²) in [6, 6.07) is 14.8. The van der Waals surface area contributed by atoms with Gasteiger partial charge < -0.3 is 19.4 Å². The Labute approximate surface area is 241 Å². The molecular formula is C32H40FN5O3. The van der Waals surface area contributed by atoms with Gasteiger partial charge in [0.2, 0.25) is 0 Å². The molecule has 2 aromatic carbocycles. The van der Waals surface area contributed by atoms with Gasteiger partial charge >= 0.3 is 6.09 Å². The van der Waals surface area contributed by atoms with Gasteiger partial charge in [-0.3, -0.25) is 4.79 Å². The fourth-order valence-electron chi connectivity index (χ4n) is 5.87. The summed E-state index contributed by atoms with van der Waals surface area (Å²) < 4.78 is 21.1. The minimum Gasteiger partial charge on any atom is -0.444 e. The molecule has 1 aromatic heterocycles. The maximum Gasteiger partial charge on any atom is 0.410 e. The third-order valence-corrected chi connectivity index (χ3v) is 7.89. The van der Waals surface area contributed by atoms with Crippen LogP contribution in [0.4, 0.5) is 14.9 Å². The van der Waals surface area contributed by atoms with E-state index in [1.54, 1.807) is 27.9 Å². The molecule has 3 aromatic rings. The van der Waals surface area contributed by atoms with Crippen molar-refractivity contribution in [3.05, 3.63) is 77.4 Å². The molecule has 5 rings (SSSR count). The predicted molar refractivity (Wildman–Crippen MR) is 157 cm³/mol. The van der Waals surface area contributed by atoms with Crippen LogP contribution in [0.5, 0.6) is 0 Å². The molecule has 9 heteroatoms. The number of benzene rings is 2. The van der Waals surface area contributed by atoms with E-state index in [1.165, 1.54) is 23.4 Å². The van der Waals surface area contributed by atoms with Crippen LogP contribution in [0.1, 0.15) is 68.1 Å². The lowest BCUT2D eigenvalue weighted by atomic mass is 9.90. The minimum absolute atomic E-state index is 0.00574. The molecule has 0 bridgehead atoms. The van der Waals surface area contributed by atoms with Crippen LogP contribution in [-0.2, 0) is 4.74 Å². The Balaban J connectivity index is 1.38. The number of nitrogens with zero attached hydrogens (tertiary/aromatic N) is 5. The third-order valence-electron chi connectivity index (χ3n) is 7.89. The summed E-state index contributed by atoms with van der Waals surface area (Å²) >= 11 is 0. The van der Waals surface area contributed by atoms with Crippen molar-refractivity contribution >= 4 is 17.7 Å². The lowest BCUT2D eigenvalue weighted by molar-refractivity contribution is 0.0203. The zero-order chi connectivity index (χ0) is 29.3. The molecule has 2 aliphatic heterocycles. The van der Waals surface area contributed by atoms with Crippen molar-refractivity contribution in [3.8, 4) is 5.69 Å². The Morgan fingerprint density at radius 3 is 2.29 bits per heavy atom. The molecule has 2 fully saturated rings. The summed E-state index contributed by atoms with van der Waals surface area (Å²) in [6.45, 7) is 12.8. The van der Waals surface area contributed by atoms with Crippen LogP contribution in [0.15, 0.2) is 54.7 Å². The molecule has 1 atom stereocenters. The number of anilines is 1. The highest BCUT2D eigenvalue weighted by molar-refractivity contribution is 5.95. The average Bonchev–Trinajstić information content (AvgIpc) is 3.37. The fraction of sp³-hybridized carbons (Fsp3) is 0.469. The number of amides is 2. The van der Waals surface area contributed by atoms with E-state index >= 15 is 0 Å². The Morgan fingerprint density at radius 2 is 1.66 bits per heavy atom. The second kappa shape index (κ2) is 11.5. The van der Waals surface area contributed by atoms with Gasteiger partial charge in [-0.25, -0.2) is 13.9 Å². The average molecular weight is 562 g/mol. The highest BCUT2D eigenvalue weighted by atomic mass is 19.1. The SMILES string of the molecule is Cc1cccc(N2CCN(C(=O)c3cnn(-c4ccc(F)cc4)c3C3CCN(C(=O)OC(C)(C)C)CC3)C[C@@H]2C)c1. The van der Waals surface area contributed by atoms with Crippen molar-refractivity contribution in [1.29, 1.82) is 0 Å². The summed E-state index contributed by atoms with van der Waals surface area (Å²) in [5.74, 6) is -0.366. The standard InChI is InChI=1S/C32H40FN5O3/c1-22-7-6-8-27(19-22)37-18-17-36(21-23(37)2)30(39)28-20-34-38(26-11-9-25(33)10-12-26)29(28)24-13-15-35(16-14-24)31(40)41-32(3,4)5/h6-12,19-20,23-24H,13-18,21H2,1-5H3/t23-/m0/s1. The summed E-state index contributed by atoms with van der Waals surface area (Å²) in [5.41, 5.74) is 3.91. The van der Waals surface area contributed by atoms with Gasteiger partial charge in [0.05, 0.1) is 23.1 Å². The van der Waals surface area contributed by atoms with E-state index in [-0.39, 0.29) is 29.8 Å². The summed E-state index contributed by atoms with van der Waals surface area (Å²) in [7, 11) is 0. The molecule has 3 heterocycles. The number of piperazine rings is 1. The molecular weight excluding hydrogens is 521 g/mol. The molecule has 41 heavy (non-hydrogen) atoms. The van der Waals surface area contributed by atoms with Crippen LogP contribution in [0.2, 0.25) is 0 Å². The monoisotopic (exact) mass is 561 g/mol. The largest absolute Gasteiger partial charge is 0.444 e. The maximum absolute atomic E-state index is 14.0. The third kappa shape index (κ3) is 6.39. The van der Waals surface area contributed by atoms with E-state index in [0.717, 1.165) is 12.2 Å². The Kier molecular flexibility index (Phi) is 8.07. The number of hydrogen-bond acceptors (Lipinski definition) is 5. The zero-order valence-electron chi connectivity index (χ0n) is 24.6.